The van der Waals surface area contributed by atoms with E-state index >= 15 is 0 Å². The molecule has 0 rings (SSSR count). The van der Waals surface area contributed by atoms with Gasteiger partial charge in [0.15, 0.2) is 6.10 Å². The Kier molecular flexibility index (Phi) is 11.0. The summed E-state index contributed by atoms with van der Waals surface area (Å²) < 4.78 is 32.1. The van der Waals surface area contributed by atoms with Gasteiger partial charge >= 0.3 is 13.8 Å². The Morgan fingerprint density at radius 1 is 1.24 bits per heavy atom. The molecule has 0 aliphatic heterocycles. The molecule has 2 atom stereocenters. The number of aliphatic hydroxyl groups is 1. The summed E-state index contributed by atoms with van der Waals surface area (Å²) >= 11 is 0. The topological polar surface area (TPSA) is 112 Å². The number of rotatable bonds is 14. The molecule has 2 N–H and O–H groups in total. The number of hydrogen-bond acceptors (Lipinski definition) is 7. The van der Waals surface area contributed by atoms with Crippen molar-refractivity contribution < 1.29 is 42.4 Å². The van der Waals surface area contributed by atoms with E-state index in [1.807, 2.05) is 28.1 Å². The fourth-order valence-electron chi connectivity index (χ4n) is 1.52. The predicted molar refractivity (Wildman–Crippen MR) is 91.8 cm³/mol. The zero-order valence-corrected chi connectivity index (χ0v) is 16.4. The molecule has 0 radical (unpaired) electrons. The third-order valence-corrected chi connectivity index (χ3v) is 3.89. The SMILES string of the molecule is C=C(O)OC[C@H](COP(=O)(O)OCC[N+](C)(C)C)OC(=O)CCCC. The Morgan fingerprint density at radius 2 is 1.88 bits per heavy atom. The summed E-state index contributed by atoms with van der Waals surface area (Å²) in [5.74, 6) is -1.04. The highest BCUT2D eigenvalue weighted by Gasteiger charge is 2.26. The first kappa shape index (κ1) is 23.9. The van der Waals surface area contributed by atoms with Crippen molar-refractivity contribution in [3.63, 3.8) is 0 Å². The highest BCUT2D eigenvalue weighted by Crippen LogP contribution is 2.43. The summed E-state index contributed by atoms with van der Waals surface area (Å²) in [5.41, 5.74) is 0. The second-order valence-corrected chi connectivity index (χ2v) is 7.99. The van der Waals surface area contributed by atoms with Crippen molar-refractivity contribution in [3.8, 4) is 0 Å². The Morgan fingerprint density at radius 3 is 2.40 bits per heavy atom. The number of quaternary nitrogens is 1. The standard InChI is InChI=1S/C15H30NO8P/c1-6-7-8-15(18)24-14(11-21-13(2)17)12-23-25(19,20)22-10-9-16(3,4)5/h14H,2,6-12H2,1,3-5H3,(H-,17,19,20)/p+1/t14-/m1/s1. The molecule has 0 aliphatic carbocycles. The van der Waals surface area contributed by atoms with Gasteiger partial charge in [-0.05, 0) is 13.0 Å². The maximum atomic E-state index is 11.9. The van der Waals surface area contributed by atoms with Crippen molar-refractivity contribution in [2.45, 2.75) is 32.3 Å². The second-order valence-electron chi connectivity index (χ2n) is 6.53. The third kappa shape index (κ3) is 14.9. The van der Waals surface area contributed by atoms with Crippen LogP contribution in [0.25, 0.3) is 0 Å². The molecule has 0 spiro atoms. The van der Waals surface area contributed by atoms with E-state index in [1.165, 1.54) is 0 Å². The Bertz CT molecular complexity index is 463. The number of carbonyl (C=O) groups excluding carboxylic acids is 1. The zero-order valence-electron chi connectivity index (χ0n) is 15.5. The van der Waals surface area contributed by atoms with Crippen LogP contribution in [0.15, 0.2) is 12.5 Å². The molecule has 0 aliphatic rings. The minimum absolute atomic E-state index is 0.0299. The maximum Gasteiger partial charge on any atom is 0.472 e. The van der Waals surface area contributed by atoms with Crippen molar-refractivity contribution in [2.24, 2.45) is 0 Å². The number of hydrogen-bond donors (Lipinski definition) is 2. The van der Waals surface area contributed by atoms with Crippen molar-refractivity contribution in [1.82, 2.24) is 0 Å². The molecule has 0 heterocycles. The molecule has 0 fully saturated rings. The average molecular weight is 384 g/mol. The molecule has 10 heteroatoms. The number of aliphatic hydroxyl groups excluding tert-OH is 1. The lowest BCUT2D eigenvalue weighted by atomic mass is 10.2. The van der Waals surface area contributed by atoms with Gasteiger partial charge < -0.3 is 24.0 Å². The summed E-state index contributed by atoms with van der Waals surface area (Å²) in [6.07, 6.45) is 0.721. The first-order valence-corrected chi connectivity index (χ1v) is 9.57. The van der Waals surface area contributed by atoms with Gasteiger partial charge in [0.1, 0.15) is 19.8 Å². The number of esters is 1. The fourth-order valence-corrected chi connectivity index (χ4v) is 2.26. The van der Waals surface area contributed by atoms with Crippen LogP contribution in [0.2, 0.25) is 0 Å². The van der Waals surface area contributed by atoms with Gasteiger partial charge in [-0.3, -0.25) is 13.8 Å². The minimum atomic E-state index is -4.29. The number of ether oxygens (including phenoxy) is 2. The van der Waals surface area contributed by atoms with Crippen molar-refractivity contribution >= 4 is 13.8 Å². The van der Waals surface area contributed by atoms with Gasteiger partial charge in [0.05, 0.1) is 27.7 Å². The molecule has 0 aromatic rings. The van der Waals surface area contributed by atoms with Crippen LogP contribution in [-0.4, -0.2) is 74.1 Å². The monoisotopic (exact) mass is 384 g/mol. The van der Waals surface area contributed by atoms with E-state index in [1.54, 1.807) is 0 Å². The van der Waals surface area contributed by atoms with Gasteiger partial charge in [-0.15, -0.1) is 0 Å². The van der Waals surface area contributed by atoms with Crippen LogP contribution in [0.1, 0.15) is 26.2 Å². The average Bonchev–Trinajstić information content (AvgIpc) is 2.46. The number of phosphoric acid groups is 1. The number of unbranched alkanes of at least 4 members (excludes halogenated alkanes) is 1. The minimum Gasteiger partial charge on any atom is -0.481 e. The van der Waals surface area contributed by atoms with Crippen LogP contribution >= 0.6 is 7.82 Å². The Hall–Kier alpha value is -1.12. The third-order valence-electron chi connectivity index (χ3n) is 2.91. The molecule has 0 aromatic carbocycles. The zero-order chi connectivity index (χ0) is 19.5. The summed E-state index contributed by atoms with van der Waals surface area (Å²) in [6.45, 7) is 4.95. The first-order chi connectivity index (χ1) is 11.4. The van der Waals surface area contributed by atoms with E-state index in [-0.39, 0.29) is 19.6 Å². The smallest absolute Gasteiger partial charge is 0.472 e. The molecule has 0 aromatic heterocycles. The molecular weight excluding hydrogens is 353 g/mol. The highest BCUT2D eigenvalue weighted by atomic mass is 31.2. The molecule has 25 heavy (non-hydrogen) atoms. The lowest BCUT2D eigenvalue weighted by molar-refractivity contribution is -0.870. The maximum absolute atomic E-state index is 11.9. The highest BCUT2D eigenvalue weighted by molar-refractivity contribution is 7.47. The molecule has 0 bridgehead atoms. The van der Waals surface area contributed by atoms with E-state index in [0.717, 1.165) is 6.42 Å². The van der Waals surface area contributed by atoms with Crippen molar-refractivity contribution in [1.29, 1.82) is 0 Å². The van der Waals surface area contributed by atoms with Crippen LogP contribution in [0, 0.1) is 0 Å². The molecule has 9 nitrogen and oxygen atoms in total. The summed E-state index contributed by atoms with van der Waals surface area (Å²) in [7, 11) is 1.46. The van der Waals surface area contributed by atoms with Crippen LogP contribution in [0.4, 0.5) is 0 Å². The quantitative estimate of drug-likeness (QED) is 0.202. The van der Waals surface area contributed by atoms with Gasteiger partial charge in [0, 0.05) is 6.42 Å². The number of carbonyl (C=O) groups is 1. The Balaban J connectivity index is 4.48. The second kappa shape index (κ2) is 11.5. The van der Waals surface area contributed by atoms with Gasteiger partial charge in [-0.2, -0.15) is 0 Å². The molecular formula is C15H31NO8P+. The van der Waals surface area contributed by atoms with Gasteiger partial charge in [-0.1, -0.05) is 13.3 Å². The predicted octanol–water partition coefficient (Wildman–Crippen LogP) is 1.97. The van der Waals surface area contributed by atoms with Crippen LogP contribution in [0.5, 0.6) is 0 Å². The molecule has 148 valence electrons. The number of phosphoric ester groups is 1. The van der Waals surface area contributed by atoms with Crippen molar-refractivity contribution in [3.05, 3.63) is 12.5 Å². The molecule has 0 saturated carbocycles. The fraction of sp³-hybridized carbons (Fsp3) is 0.800. The van der Waals surface area contributed by atoms with Gasteiger partial charge in [0.25, 0.3) is 5.95 Å². The lowest BCUT2D eigenvalue weighted by Crippen LogP contribution is -2.37. The Labute approximate surface area is 149 Å². The van der Waals surface area contributed by atoms with E-state index in [9.17, 15) is 14.3 Å². The van der Waals surface area contributed by atoms with Crippen LogP contribution in [0.3, 0.4) is 0 Å². The van der Waals surface area contributed by atoms with E-state index < -0.39 is 32.4 Å². The van der Waals surface area contributed by atoms with Gasteiger partial charge in [0.2, 0.25) is 0 Å². The molecule has 0 amide bonds. The van der Waals surface area contributed by atoms with Crippen LogP contribution in [-0.2, 0) is 27.9 Å². The summed E-state index contributed by atoms with van der Waals surface area (Å²) in [5, 5.41) is 8.97. The summed E-state index contributed by atoms with van der Waals surface area (Å²) in [6, 6.07) is 0. The van der Waals surface area contributed by atoms with Crippen molar-refractivity contribution in [2.75, 3.05) is 47.5 Å². The molecule has 1 unspecified atom stereocenters. The summed E-state index contributed by atoms with van der Waals surface area (Å²) in [4.78, 5) is 21.3. The number of nitrogens with zero attached hydrogens (tertiary/aromatic N) is 1. The van der Waals surface area contributed by atoms with Gasteiger partial charge in [-0.25, -0.2) is 4.57 Å². The van der Waals surface area contributed by atoms with Crippen LogP contribution < -0.4 is 0 Å². The van der Waals surface area contributed by atoms with E-state index in [2.05, 4.69) is 6.58 Å². The largest absolute Gasteiger partial charge is 0.481 e. The van der Waals surface area contributed by atoms with E-state index in [4.69, 9.17) is 23.6 Å². The lowest BCUT2D eigenvalue weighted by Gasteiger charge is -2.24. The van der Waals surface area contributed by atoms with E-state index in [0.29, 0.717) is 17.4 Å². The number of likely N-dealkylation sites (N-methyl/N-ethyl adjacent to an activating group) is 1. The normalized spacial score (nSPS) is 15.2. The molecule has 0 saturated heterocycles. The first-order valence-electron chi connectivity index (χ1n) is 8.07.